The zero-order chi connectivity index (χ0) is 18.7. The van der Waals surface area contributed by atoms with Crippen LogP contribution in [0.15, 0.2) is 64.7 Å². The Hall–Kier alpha value is -2.45. The van der Waals surface area contributed by atoms with Gasteiger partial charge in [-0.25, -0.2) is 13.1 Å². The molecule has 2 rings (SSSR count). The lowest BCUT2D eigenvalue weighted by molar-refractivity contribution is 0.581. The molecule has 0 saturated heterocycles. The monoisotopic (exact) mass is 375 g/mol. The Balaban J connectivity index is 1.79. The van der Waals surface area contributed by atoms with Crippen LogP contribution in [-0.4, -0.2) is 45.5 Å². The number of hydrogen-bond acceptors (Lipinski definition) is 4. The summed E-state index contributed by atoms with van der Waals surface area (Å²) < 4.78 is 26.7. The summed E-state index contributed by atoms with van der Waals surface area (Å²) in [6.45, 7) is 4.02. The van der Waals surface area contributed by atoms with Crippen molar-refractivity contribution >= 4 is 16.0 Å². The Bertz CT molecular complexity index is 780. The third kappa shape index (κ3) is 6.81. The molecule has 0 aliphatic rings. The minimum atomic E-state index is -3.55. The summed E-state index contributed by atoms with van der Waals surface area (Å²) in [7, 11) is -3.55. The van der Waals surface area contributed by atoms with E-state index in [4.69, 9.17) is 0 Å². The maximum atomic E-state index is 12.1. The molecule has 0 bridgehead atoms. The molecule has 0 unspecified atom stereocenters. The first-order valence-electron chi connectivity index (χ1n) is 8.57. The minimum Gasteiger partial charge on any atom is -0.357 e. The average molecular weight is 375 g/mol. The van der Waals surface area contributed by atoms with Gasteiger partial charge in [-0.1, -0.05) is 30.3 Å². The molecule has 0 spiro atoms. The van der Waals surface area contributed by atoms with Crippen LogP contribution in [0, 0.1) is 0 Å². The summed E-state index contributed by atoms with van der Waals surface area (Å²) in [5, 5.41) is 6.40. The lowest BCUT2D eigenvalue weighted by Gasteiger charge is -2.11. The summed E-state index contributed by atoms with van der Waals surface area (Å²) >= 11 is 0. The first kappa shape index (κ1) is 19.9. The van der Waals surface area contributed by atoms with Gasteiger partial charge in [-0.2, -0.15) is 0 Å². The van der Waals surface area contributed by atoms with Crippen molar-refractivity contribution in [2.75, 3.05) is 26.2 Å². The normalized spacial score (nSPS) is 12.0. The highest BCUT2D eigenvalue weighted by Gasteiger charge is 2.12. The molecule has 26 heavy (non-hydrogen) atoms. The second-order valence-electron chi connectivity index (χ2n) is 5.51. The van der Waals surface area contributed by atoms with Crippen LogP contribution in [0.3, 0.4) is 0 Å². The zero-order valence-corrected chi connectivity index (χ0v) is 15.7. The molecule has 0 amide bonds. The SMILES string of the molecule is CCNC(=NCCNS(=O)(=O)c1cccnc1)NCCc1ccccc1. The molecule has 0 radical (unpaired) electrons. The molecule has 7 nitrogen and oxygen atoms in total. The van der Waals surface area contributed by atoms with Gasteiger partial charge in [0.1, 0.15) is 4.90 Å². The number of benzene rings is 1. The van der Waals surface area contributed by atoms with Gasteiger partial charge in [-0.05, 0) is 31.0 Å². The van der Waals surface area contributed by atoms with Crippen LogP contribution in [0.5, 0.6) is 0 Å². The van der Waals surface area contributed by atoms with Gasteiger partial charge in [-0.15, -0.1) is 0 Å². The van der Waals surface area contributed by atoms with E-state index in [2.05, 4.69) is 37.5 Å². The fourth-order valence-corrected chi connectivity index (χ4v) is 3.23. The van der Waals surface area contributed by atoms with Crippen LogP contribution in [0.25, 0.3) is 0 Å². The van der Waals surface area contributed by atoms with E-state index >= 15 is 0 Å². The van der Waals surface area contributed by atoms with E-state index in [0.717, 1.165) is 19.5 Å². The van der Waals surface area contributed by atoms with E-state index < -0.39 is 10.0 Å². The van der Waals surface area contributed by atoms with Gasteiger partial charge < -0.3 is 10.6 Å². The number of hydrogen-bond donors (Lipinski definition) is 3. The number of aliphatic imine (C=N–C) groups is 1. The van der Waals surface area contributed by atoms with Crippen molar-refractivity contribution in [2.24, 2.45) is 4.99 Å². The smallest absolute Gasteiger partial charge is 0.242 e. The highest BCUT2D eigenvalue weighted by atomic mass is 32.2. The van der Waals surface area contributed by atoms with E-state index in [0.29, 0.717) is 12.5 Å². The molecule has 0 atom stereocenters. The Morgan fingerprint density at radius 3 is 2.58 bits per heavy atom. The summed E-state index contributed by atoms with van der Waals surface area (Å²) in [5.41, 5.74) is 1.25. The number of pyridine rings is 1. The van der Waals surface area contributed by atoms with Gasteiger partial charge >= 0.3 is 0 Å². The van der Waals surface area contributed by atoms with Crippen molar-refractivity contribution in [3.63, 3.8) is 0 Å². The molecule has 1 aromatic heterocycles. The van der Waals surface area contributed by atoms with E-state index in [1.807, 2.05) is 25.1 Å². The van der Waals surface area contributed by atoms with Gasteiger partial charge in [0.15, 0.2) is 5.96 Å². The molecule has 8 heteroatoms. The Morgan fingerprint density at radius 1 is 1.08 bits per heavy atom. The van der Waals surface area contributed by atoms with Crippen molar-refractivity contribution in [1.82, 2.24) is 20.3 Å². The van der Waals surface area contributed by atoms with Crippen LogP contribution < -0.4 is 15.4 Å². The number of nitrogens with zero attached hydrogens (tertiary/aromatic N) is 2. The summed E-state index contributed by atoms with van der Waals surface area (Å²) in [6.07, 6.45) is 3.74. The molecule has 1 aromatic carbocycles. The van der Waals surface area contributed by atoms with Gasteiger partial charge in [-0.3, -0.25) is 9.98 Å². The van der Waals surface area contributed by atoms with Crippen molar-refractivity contribution in [2.45, 2.75) is 18.2 Å². The van der Waals surface area contributed by atoms with E-state index in [-0.39, 0.29) is 11.4 Å². The summed E-state index contributed by atoms with van der Waals surface area (Å²) in [5.74, 6) is 0.670. The highest BCUT2D eigenvalue weighted by molar-refractivity contribution is 7.89. The second-order valence-corrected chi connectivity index (χ2v) is 7.28. The van der Waals surface area contributed by atoms with Crippen LogP contribution in [0.2, 0.25) is 0 Å². The fourth-order valence-electron chi connectivity index (χ4n) is 2.25. The highest BCUT2D eigenvalue weighted by Crippen LogP contribution is 2.04. The quantitative estimate of drug-likeness (QED) is 0.347. The molecule has 0 aliphatic heterocycles. The average Bonchev–Trinajstić information content (AvgIpc) is 2.67. The molecule has 3 N–H and O–H groups in total. The predicted octanol–water partition coefficient (Wildman–Crippen LogP) is 1.16. The lowest BCUT2D eigenvalue weighted by Crippen LogP contribution is -2.39. The van der Waals surface area contributed by atoms with Crippen molar-refractivity contribution in [1.29, 1.82) is 0 Å². The number of sulfonamides is 1. The van der Waals surface area contributed by atoms with Crippen LogP contribution >= 0.6 is 0 Å². The first-order chi connectivity index (χ1) is 12.6. The van der Waals surface area contributed by atoms with Gasteiger partial charge in [0.05, 0.1) is 6.54 Å². The minimum absolute atomic E-state index is 0.150. The fraction of sp³-hybridized carbons (Fsp3) is 0.333. The molecule has 0 saturated carbocycles. The molecule has 140 valence electrons. The Morgan fingerprint density at radius 2 is 1.88 bits per heavy atom. The third-order valence-corrected chi connectivity index (χ3v) is 4.96. The van der Waals surface area contributed by atoms with Crippen LogP contribution in [0.1, 0.15) is 12.5 Å². The molecular weight excluding hydrogens is 350 g/mol. The predicted molar refractivity (Wildman–Crippen MR) is 104 cm³/mol. The maximum absolute atomic E-state index is 12.1. The van der Waals surface area contributed by atoms with Gasteiger partial charge in [0.2, 0.25) is 10.0 Å². The number of nitrogens with one attached hydrogen (secondary N) is 3. The summed E-state index contributed by atoms with van der Waals surface area (Å²) in [4.78, 5) is 8.37. The van der Waals surface area contributed by atoms with Crippen LogP contribution in [-0.2, 0) is 16.4 Å². The molecule has 0 fully saturated rings. The maximum Gasteiger partial charge on any atom is 0.242 e. The Labute approximate surface area is 155 Å². The number of aromatic nitrogens is 1. The van der Waals surface area contributed by atoms with Crippen molar-refractivity contribution < 1.29 is 8.42 Å². The molecule has 2 aromatic rings. The molecular formula is C18H25N5O2S. The number of rotatable bonds is 9. The lowest BCUT2D eigenvalue weighted by atomic mass is 10.1. The molecule has 0 aliphatic carbocycles. The van der Waals surface area contributed by atoms with Gasteiger partial charge in [0, 0.05) is 32.0 Å². The molecule has 1 heterocycles. The van der Waals surface area contributed by atoms with Crippen molar-refractivity contribution in [3.05, 3.63) is 60.4 Å². The van der Waals surface area contributed by atoms with Crippen LogP contribution in [0.4, 0.5) is 0 Å². The largest absolute Gasteiger partial charge is 0.357 e. The van der Waals surface area contributed by atoms with Crippen molar-refractivity contribution in [3.8, 4) is 0 Å². The number of guanidine groups is 1. The van der Waals surface area contributed by atoms with E-state index in [9.17, 15) is 8.42 Å². The zero-order valence-electron chi connectivity index (χ0n) is 14.9. The first-order valence-corrected chi connectivity index (χ1v) is 10.1. The standard InChI is InChI=1S/C18H25N5O2S/c1-2-20-18(21-12-10-16-7-4-3-5-8-16)22-13-14-23-26(24,25)17-9-6-11-19-15-17/h3-9,11,15,23H,2,10,12-14H2,1H3,(H2,20,21,22). The summed E-state index contributed by atoms with van der Waals surface area (Å²) in [6, 6.07) is 13.3. The Kier molecular flexibility index (Phi) is 8.04. The topological polar surface area (TPSA) is 95.5 Å². The van der Waals surface area contributed by atoms with Gasteiger partial charge in [0.25, 0.3) is 0 Å². The second kappa shape index (κ2) is 10.5. The third-order valence-electron chi connectivity index (χ3n) is 3.51. The van der Waals surface area contributed by atoms with E-state index in [1.165, 1.54) is 24.0 Å². The van der Waals surface area contributed by atoms with E-state index in [1.54, 1.807) is 6.07 Å².